The van der Waals surface area contributed by atoms with Crippen molar-refractivity contribution in [1.82, 2.24) is 4.90 Å². The van der Waals surface area contributed by atoms with Gasteiger partial charge >= 0.3 is 12.1 Å². The van der Waals surface area contributed by atoms with Gasteiger partial charge in [-0.3, -0.25) is 9.69 Å². The highest BCUT2D eigenvalue weighted by Crippen LogP contribution is 2.44. The molecule has 7 nitrogen and oxygen atoms in total. The highest BCUT2D eigenvalue weighted by Gasteiger charge is 2.32. The van der Waals surface area contributed by atoms with E-state index in [2.05, 4.69) is 0 Å². The number of carboxylic acids is 1. The first-order valence-electron chi connectivity index (χ1n) is 10.6. The molecule has 0 radical (unpaired) electrons. The lowest BCUT2D eigenvalue weighted by Crippen LogP contribution is -2.44. The Morgan fingerprint density at radius 1 is 0.970 bits per heavy atom. The van der Waals surface area contributed by atoms with Crippen molar-refractivity contribution >= 4 is 18.0 Å². The Labute approximate surface area is 191 Å². The second-order valence-corrected chi connectivity index (χ2v) is 8.04. The van der Waals surface area contributed by atoms with E-state index in [1.165, 1.54) is 13.1 Å². The molecule has 0 saturated heterocycles. The number of benzene rings is 3. The van der Waals surface area contributed by atoms with Gasteiger partial charge in [-0.05, 0) is 39.9 Å². The van der Waals surface area contributed by atoms with Crippen LogP contribution < -0.4 is 5.73 Å². The van der Waals surface area contributed by atoms with Gasteiger partial charge in [0.25, 0.3) is 0 Å². The quantitative estimate of drug-likeness (QED) is 0.578. The third kappa shape index (κ3) is 4.43. The van der Waals surface area contributed by atoms with Gasteiger partial charge in [-0.15, -0.1) is 0 Å². The average Bonchev–Trinajstić information content (AvgIpc) is 3.14. The Morgan fingerprint density at radius 3 is 2.15 bits per heavy atom. The second-order valence-electron chi connectivity index (χ2n) is 8.04. The number of likely N-dealkylation sites (N-methyl/N-ethyl adjacent to an activating group) is 1. The molecule has 0 aliphatic heterocycles. The maximum atomic E-state index is 12.8. The minimum absolute atomic E-state index is 0.0111. The molecule has 0 spiro atoms. The van der Waals surface area contributed by atoms with Crippen LogP contribution in [0.2, 0.25) is 0 Å². The fraction of sp³-hybridized carbons (Fsp3) is 0.192. The first-order valence-corrected chi connectivity index (χ1v) is 10.6. The highest BCUT2D eigenvalue weighted by molar-refractivity contribution is 5.93. The minimum atomic E-state index is -1.17. The summed E-state index contributed by atoms with van der Waals surface area (Å²) >= 11 is 0. The highest BCUT2D eigenvalue weighted by atomic mass is 16.6. The predicted octanol–water partition coefficient (Wildman–Crippen LogP) is 3.66. The van der Waals surface area contributed by atoms with Crippen LogP contribution in [-0.4, -0.2) is 47.7 Å². The van der Waals surface area contributed by atoms with Crippen LogP contribution in [-0.2, 0) is 16.0 Å². The first kappa shape index (κ1) is 22.1. The Hall–Kier alpha value is -4.13. The molecule has 1 atom stereocenters. The van der Waals surface area contributed by atoms with E-state index in [9.17, 15) is 19.5 Å². The molecule has 0 aromatic heterocycles. The standard InChI is InChI=1S/C26H24N2O5/c1-28(23(25(30)31)14-16-7-6-8-17(13-16)24(27)29)26(32)33-15-22-20-11-4-2-9-18(20)19-10-3-5-12-21(19)22/h2-13,22-23H,14-15H2,1H3,(H2,27,29)(H,30,31)/t23-/m0/s1. The Morgan fingerprint density at radius 2 is 1.58 bits per heavy atom. The topological polar surface area (TPSA) is 110 Å². The van der Waals surface area contributed by atoms with E-state index in [1.54, 1.807) is 18.2 Å². The lowest BCUT2D eigenvalue weighted by Gasteiger charge is -2.25. The zero-order chi connectivity index (χ0) is 23.5. The van der Waals surface area contributed by atoms with Gasteiger partial charge in [-0.25, -0.2) is 9.59 Å². The van der Waals surface area contributed by atoms with E-state index in [0.29, 0.717) is 5.56 Å². The van der Waals surface area contributed by atoms with Crippen LogP contribution in [0.4, 0.5) is 4.79 Å². The number of nitrogens with two attached hydrogens (primary N) is 1. The molecular formula is C26H24N2O5. The smallest absolute Gasteiger partial charge is 0.410 e. The number of nitrogens with zero attached hydrogens (tertiary/aromatic N) is 1. The van der Waals surface area contributed by atoms with Crippen molar-refractivity contribution in [2.45, 2.75) is 18.4 Å². The van der Waals surface area contributed by atoms with Crippen LogP contribution in [0.15, 0.2) is 72.8 Å². The number of aliphatic carboxylic acids is 1. The fourth-order valence-corrected chi connectivity index (χ4v) is 4.29. The number of carboxylic acid groups (broad SMARTS) is 1. The van der Waals surface area contributed by atoms with Gasteiger partial charge in [0.05, 0.1) is 0 Å². The lowest BCUT2D eigenvalue weighted by atomic mass is 9.98. The van der Waals surface area contributed by atoms with Crippen molar-refractivity contribution in [2.24, 2.45) is 5.73 Å². The van der Waals surface area contributed by atoms with E-state index in [4.69, 9.17) is 10.5 Å². The van der Waals surface area contributed by atoms with Crippen LogP contribution in [0.3, 0.4) is 0 Å². The first-order chi connectivity index (χ1) is 15.9. The molecule has 0 heterocycles. The molecule has 7 heteroatoms. The van der Waals surface area contributed by atoms with E-state index < -0.39 is 24.0 Å². The fourth-order valence-electron chi connectivity index (χ4n) is 4.29. The van der Waals surface area contributed by atoms with Crippen molar-refractivity contribution in [3.05, 3.63) is 95.1 Å². The summed E-state index contributed by atoms with van der Waals surface area (Å²) < 4.78 is 5.58. The summed E-state index contributed by atoms with van der Waals surface area (Å²) in [6.07, 6.45) is -0.715. The number of hydrogen-bond acceptors (Lipinski definition) is 4. The third-order valence-corrected chi connectivity index (χ3v) is 6.02. The van der Waals surface area contributed by atoms with E-state index in [-0.39, 0.29) is 24.5 Å². The SMILES string of the molecule is CN(C(=O)OCC1c2ccccc2-c2ccccc21)[C@@H](Cc1cccc(C(N)=O)c1)C(=O)O. The van der Waals surface area contributed by atoms with Crippen molar-refractivity contribution in [3.8, 4) is 11.1 Å². The molecule has 0 saturated carbocycles. The normalized spacial score (nSPS) is 13.0. The zero-order valence-corrected chi connectivity index (χ0v) is 18.1. The van der Waals surface area contributed by atoms with Gasteiger partial charge in [0.15, 0.2) is 0 Å². The molecule has 2 amide bonds. The van der Waals surface area contributed by atoms with Gasteiger partial charge in [0, 0.05) is 24.9 Å². The maximum Gasteiger partial charge on any atom is 0.410 e. The lowest BCUT2D eigenvalue weighted by molar-refractivity contribution is -0.142. The summed E-state index contributed by atoms with van der Waals surface area (Å²) in [5.74, 6) is -1.89. The van der Waals surface area contributed by atoms with Crippen molar-refractivity contribution < 1.29 is 24.2 Å². The number of rotatable bonds is 7. The molecule has 3 aromatic rings. The minimum Gasteiger partial charge on any atom is -0.480 e. The summed E-state index contributed by atoms with van der Waals surface area (Å²) in [5, 5.41) is 9.73. The number of ether oxygens (including phenoxy) is 1. The summed E-state index contributed by atoms with van der Waals surface area (Å²) in [6, 6.07) is 21.2. The monoisotopic (exact) mass is 444 g/mol. The summed E-state index contributed by atoms with van der Waals surface area (Å²) in [6.45, 7) is 0.0979. The molecule has 1 aliphatic carbocycles. The van der Waals surface area contributed by atoms with Crippen molar-refractivity contribution in [3.63, 3.8) is 0 Å². The number of hydrogen-bond donors (Lipinski definition) is 2. The van der Waals surface area contributed by atoms with Gasteiger partial charge in [-0.2, -0.15) is 0 Å². The molecular weight excluding hydrogens is 420 g/mol. The molecule has 33 heavy (non-hydrogen) atoms. The van der Waals surface area contributed by atoms with Crippen molar-refractivity contribution in [2.75, 3.05) is 13.7 Å². The molecule has 0 fully saturated rings. The van der Waals surface area contributed by atoms with Gasteiger partial charge in [-0.1, -0.05) is 60.7 Å². The third-order valence-electron chi connectivity index (χ3n) is 6.02. The molecule has 168 valence electrons. The molecule has 0 unspecified atom stereocenters. The van der Waals surface area contributed by atoms with E-state index >= 15 is 0 Å². The molecule has 3 aromatic carbocycles. The largest absolute Gasteiger partial charge is 0.480 e. The number of primary amides is 1. The van der Waals surface area contributed by atoms with Crippen LogP contribution >= 0.6 is 0 Å². The van der Waals surface area contributed by atoms with Gasteiger partial charge in [0.2, 0.25) is 5.91 Å². The summed E-state index contributed by atoms with van der Waals surface area (Å²) in [7, 11) is 1.40. The number of carbonyl (C=O) groups excluding carboxylic acids is 2. The number of amides is 2. The van der Waals surface area contributed by atoms with Crippen LogP contribution in [0.5, 0.6) is 0 Å². The van der Waals surface area contributed by atoms with Crippen LogP contribution in [0.25, 0.3) is 11.1 Å². The molecule has 0 bridgehead atoms. The molecule has 1 aliphatic rings. The predicted molar refractivity (Wildman–Crippen MR) is 123 cm³/mol. The Balaban J connectivity index is 1.48. The molecule has 4 rings (SSSR count). The number of fused-ring (bicyclic) bond motifs is 3. The van der Waals surface area contributed by atoms with Crippen LogP contribution in [0, 0.1) is 0 Å². The van der Waals surface area contributed by atoms with Gasteiger partial charge in [0.1, 0.15) is 12.6 Å². The summed E-state index contributed by atoms with van der Waals surface area (Å²) in [5.41, 5.74) is 10.5. The zero-order valence-electron chi connectivity index (χ0n) is 18.1. The maximum absolute atomic E-state index is 12.8. The van der Waals surface area contributed by atoms with Crippen molar-refractivity contribution in [1.29, 1.82) is 0 Å². The average molecular weight is 444 g/mol. The second kappa shape index (κ2) is 9.16. The van der Waals surface area contributed by atoms with Gasteiger partial charge < -0.3 is 15.6 Å². The van der Waals surface area contributed by atoms with Crippen LogP contribution in [0.1, 0.15) is 33.0 Å². The molecule has 3 N–H and O–H groups in total. The Kier molecular flexibility index (Phi) is 6.13. The summed E-state index contributed by atoms with van der Waals surface area (Å²) in [4.78, 5) is 37.2. The van der Waals surface area contributed by atoms with E-state index in [1.807, 2.05) is 48.5 Å². The van der Waals surface area contributed by atoms with E-state index in [0.717, 1.165) is 27.2 Å². The number of carbonyl (C=O) groups is 3. The Bertz CT molecular complexity index is 1180.